The molecule has 0 saturated carbocycles. The van der Waals surface area contributed by atoms with Crippen molar-refractivity contribution in [2.75, 3.05) is 18.0 Å². The van der Waals surface area contributed by atoms with Crippen LogP contribution >= 0.6 is 0 Å². The Kier molecular flexibility index (Phi) is 5.99. The summed E-state index contributed by atoms with van der Waals surface area (Å²) in [6, 6.07) is 6.58. The molecule has 0 atom stereocenters. The van der Waals surface area contributed by atoms with Crippen molar-refractivity contribution in [1.29, 1.82) is 0 Å². The van der Waals surface area contributed by atoms with Crippen molar-refractivity contribution in [1.82, 2.24) is 0 Å². The van der Waals surface area contributed by atoms with Crippen molar-refractivity contribution in [3.63, 3.8) is 0 Å². The van der Waals surface area contributed by atoms with Gasteiger partial charge in [-0.25, -0.2) is 4.39 Å². The number of hydrogen-bond acceptors (Lipinski definition) is 2. The standard InChI is InChI=1S/C16H24FNO2/c1-4-18(14-9-7-8-13(17)12-14)11-6-5-10-16(2,3)15(19)20/h7-9,12H,4-6,10-11H2,1-3H3,(H,19,20). The van der Waals surface area contributed by atoms with Crippen LogP contribution in [0.2, 0.25) is 0 Å². The lowest BCUT2D eigenvalue weighted by atomic mass is 9.87. The van der Waals surface area contributed by atoms with Crippen molar-refractivity contribution in [2.45, 2.75) is 40.0 Å². The van der Waals surface area contributed by atoms with Gasteiger partial charge >= 0.3 is 5.97 Å². The minimum Gasteiger partial charge on any atom is -0.481 e. The molecule has 3 nitrogen and oxygen atoms in total. The van der Waals surface area contributed by atoms with Gasteiger partial charge in [0.25, 0.3) is 0 Å². The molecule has 112 valence electrons. The van der Waals surface area contributed by atoms with Gasteiger partial charge < -0.3 is 10.0 Å². The molecule has 4 heteroatoms. The maximum absolute atomic E-state index is 13.2. The van der Waals surface area contributed by atoms with Gasteiger partial charge in [-0.2, -0.15) is 0 Å². The number of aliphatic carboxylic acids is 1. The molecule has 0 unspecified atom stereocenters. The van der Waals surface area contributed by atoms with E-state index in [1.54, 1.807) is 19.9 Å². The third kappa shape index (κ3) is 4.83. The number of hydrogen-bond donors (Lipinski definition) is 1. The number of halogens is 1. The summed E-state index contributed by atoms with van der Waals surface area (Å²) in [6.07, 6.45) is 2.41. The van der Waals surface area contributed by atoms with E-state index in [2.05, 4.69) is 4.90 Å². The summed E-state index contributed by atoms with van der Waals surface area (Å²) in [5.41, 5.74) is 0.209. The van der Waals surface area contributed by atoms with E-state index in [0.717, 1.165) is 31.6 Å². The summed E-state index contributed by atoms with van der Waals surface area (Å²) < 4.78 is 13.2. The number of nitrogens with zero attached hydrogens (tertiary/aromatic N) is 1. The lowest BCUT2D eigenvalue weighted by Crippen LogP contribution is -2.26. The Morgan fingerprint density at radius 1 is 1.35 bits per heavy atom. The molecule has 0 bridgehead atoms. The SMILES string of the molecule is CCN(CCCCC(C)(C)C(=O)O)c1cccc(F)c1. The minimum absolute atomic E-state index is 0.229. The fourth-order valence-electron chi connectivity index (χ4n) is 2.12. The van der Waals surface area contributed by atoms with Gasteiger partial charge in [0.2, 0.25) is 0 Å². The van der Waals surface area contributed by atoms with E-state index in [9.17, 15) is 9.18 Å². The zero-order valence-corrected chi connectivity index (χ0v) is 12.5. The van der Waals surface area contributed by atoms with Crippen LogP contribution in [-0.2, 0) is 4.79 Å². The van der Waals surface area contributed by atoms with E-state index in [4.69, 9.17) is 5.11 Å². The third-order valence-corrected chi connectivity index (χ3v) is 3.61. The Balaban J connectivity index is 2.45. The zero-order valence-electron chi connectivity index (χ0n) is 12.5. The highest BCUT2D eigenvalue weighted by Gasteiger charge is 2.26. The smallest absolute Gasteiger partial charge is 0.309 e. The van der Waals surface area contributed by atoms with Crippen LogP contribution in [0, 0.1) is 11.2 Å². The molecule has 1 N–H and O–H groups in total. The molecule has 1 rings (SSSR count). The molecule has 0 fully saturated rings. The van der Waals surface area contributed by atoms with Gasteiger partial charge in [0.05, 0.1) is 5.41 Å². The van der Waals surface area contributed by atoms with Crippen LogP contribution in [0.5, 0.6) is 0 Å². The number of benzene rings is 1. The lowest BCUT2D eigenvalue weighted by Gasteiger charge is -2.24. The Hall–Kier alpha value is -1.58. The molecule has 1 aromatic rings. The number of carboxylic acid groups (broad SMARTS) is 1. The van der Waals surface area contributed by atoms with E-state index >= 15 is 0 Å². The highest BCUT2D eigenvalue weighted by atomic mass is 19.1. The Labute approximate surface area is 120 Å². The van der Waals surface area contributed by atoms with Gasteiger partial charge in [-0.3, -0.25) is 4.79 Å². The first-order valence-electron chi connectivity index (χ1n) is 7.10. The highest BCUT2D eigenvalue weighted by Crippen LogP contribution is 2.24. The van der Waals surface area contributed by atoms with E-state index < -0.39 is 11.4 Å². The van der Waals surface area contributed by atoms with Crippen LogP contribution in [0.4, 0.5) is 10.1 Å². The van der Waals surface area contributed by atoms with E-state index in [-0.39, 0.29) is 5.82 Å². The molecule has 0 radical (unpaired) electrons. The van der Waals surface area contributed by atoms with Gasteiger partial charge in [-0.05, 0) is 51.8 Å². The summed E-state index contributed by atoms with van der Waals surface area (Å²) in [5, 5.41) is 9.05. The van der Waals surface area contributed by atoms with Crippen LogP contribution in [0.1, 0.15) is 40.0 Å². The van der Waals surface area contributed by atoms with Crippen molar-refractivity contribution < 1.29 is 14.3 Å². The molecule has 0 saturated heterocycles. The first-order chi connectivity index (χ1) is 9.36. The third-order valence-electron chi connectivity index (χ3n) is 3.61. The second kappa shape index (κ2) is 7.27. The average Bonchev–Trinajstić information content (AvgIpc) is 2.38. The van der Waals surface area contributed by atoms with Gasteiger partial charge in [-0.15, -0.1) is 0 Å². The summed E-state index contributed by atoms with van der Waals surface area (Å²) in [4.78, 5) is 13.1. The Morgan fingerprint density at radius 3 is 2.60 bits per heavy atom. The average molecular weight is 281 g/mol. The van der Waals surface area contributed by atoms with Gasteiger partial charge in [0.1, 0.15) is 5.82 Å². The summed E-state index contributed by atoms with van der Waals surface area (Å²) >= 11 is 0. The summed E-state index contributed by atoms with van der Waals surface area (Å²) in [6.45, 7) is 7.16. The van der Waals surface area contributed by atoms with Crippen LogP contribution in [0.15, 0.2) is 24.3 Å². The molecule has 20 heavy (non-hydrogen) atoms. The number of anilines is 1. The minimum atomic E-state index is -0.755. The summed E-state index contributed by atoms with van der Waals surface area (Å²) in [7, 11) is 0. The second-order valence-electron chi connectivity index (χ2n) is 5.71. The quantitative estimate of drug-likeness (QED) is 0.734. The molecular weight excluding hydrogens is 257 g/mol. The Bertz CT molecular complexity index is 446. The van der Waals surface area contributed by atoms with Crippen LogP contribution in [-0.4, -0.2) is 24.2 Å². The van der Waals surface area contributed by atoms with E-state index in [0.29, 0.717) is 6.42 Å². The Morgan fingerprint density at radius 2 is 2.05 bits per heavy atom. The maximum Gasteiger partial charge on any atom is 0.309 e. The first-order valence-corrected chi connectivity index (χ1v) is 7.10. The number of unbranched alkanes of at least 4 members (excludes halogenated alkanes) is 1. The monoisotopic (exact) mass is 281 g/mol. The number of carbonyl (C=O) groups is 1. The largest absolute Gasteiger partial charge is 0.481 e. The maximum atomic E-state index is 13.2. The molecular formula is C16H24FNO2. The first kappa shape index (κ1) is 16.5. The molecule has 0 aliphatic rings. The molecule has 1 aromatic carbocycles. The number of rotatable bonds is 8. The van der Waals surface area contributed by atoms with Gasteiger partial charge in [-0.1, -0.05) is 12.5 Å². The van der Waals surface area contributed by atoms with Crippen molar-refractivity contribution in [3.8, 4) is 0 Å². The molecule has 0 aliphatic carbocycles. The van der Waals surface area contributed by atoms with Crippen molar-refractivity contribution in [2.24, 2.45) is 5.41 Å². The van der Waals surface area contributed by atoms with Gasteiger partial charge in [0, 0.05) is 18.8 Å². The number of carboxylic acids is 1. The molecule has 0 amide bonds. The van der Waals surface area contributed by atoms with E-state index in [1.165, 1.54) is 12.1 Å². The topological polar surface area (TPSA) is 40.5 Å². The van der Waals surface area contributed by atoms with Crippen LogP contribution < -0.4 is 4.90 Å². The van der Waals surface area contributed by atoms with Crippen LogP contribution in [0.25, 0.3) is 0 Å². The zero-order chi connectivity index (χ0) is 15.2. The highest BCUT2D eigenvalue weighted by molar-refractivity contribution is 5.73. The van der Waals surface area contributed by atoms with E-state index in [1.807, 2.05) is 13.0 Å². The predicted molar refractivity (Wildman–Crippen MR) is 79.6 cm³/mol. The normalized spacial score (nSPS) is 11.4. The predicted octanol–water partition coefficient (Wildman–Crippen LogP) is 3.93. The van der Waals surface area contributed by atoms with Crippen LogP contribution in [0.3, 0.4) is 0 Å². The molecule has 0 aromatic heterocycles. The fraction of sp³-hybridized carbons (Fsp3) is 0.562. The molecule has 0 aliphatic heterocycles. The lowest BCUT2D eigenvalue weighted by molar-refractivity contribution is -0.147. The fourth-order valence-corrected chi connectivity index (χ4v) is 2.12. The van der Waals surface area contributed by atoms with Gasteiger partial charge in [0.15, 0.2) is 0 Å². The van der Waals surface area contributed by atoms with Crippen molar-refractivity contribution >= 4 is 11.7 Å². The van der Waals surface area contributed by atoms with Crippen molar-refractivity contribution in [3.05, 3.63) is 30.1 Å². The molecule has 0 heterocycles. The second-order valence-corrected chi connectivity index (χ2v) is 5.71. The molecule has 0 spiro atoms. The summed E-state index contributed by atoms with van der Waals surface area (Å²) in [5.74, 6) is -0.983.